The number of carbonyl (C=O) groups is 2. The Hall–Kier alpha value is -4.68. The molecule has 11 nitrogen and oxygen atoms in total. The molecule has 0 saturated carbocycles. The molecule has 0 bridgehead atoms. The number of hydrogen-bond acceptors (Lipinski definition) is 6. The van der Waals surface area contributed by atoms with Crippen LogP contribution in [0.1, 0.15) is 35.6 Å². The van der Waals surface area contributed by atoms with Gasteiger partial charge in [-0.05, 0) is 48.1 Å². The number of benzene rings is 3. The molecule has 0 unspecified atom stereocenters. The van der Waals surface area contributed by atoms with E-state index in [0.29, 0.717) is 17.5 Å². The summed E-state index contributed by atoms with van der Waals surface area (Å²) < 4.78 is 33.1. The lowest BCUT2D eigenvalue weighted by Gasteiger charge is -2.17. The topological polar surface area (TPSA) is 151 Å². The number of hydrazine groups is 1. The van der Waals surface area contributed by atoms with Crippen LogP contribution in [0.25, 0.3) is 22.0 Å². The lowest BCUT2D eigenvalue weighted by Crippen LogP contribution is -2.41. The molecule has 1 atom stereocenters. The van der Waals surface area contributed by atoms with Crippen LogP contribution in [0.15, 0.2) is 82.7 Å². The van der Waals surface area contributed by atoms with Crippen molar-refractivity contribution in [1.29, 1.82) is 0 Å². The van der Waals surface area contributed by atoms with Crippen LogP contribution < -0.4 is 15.6 Å². The summed E-state index contributed by atoms with van der Waals surface area (Å²) in [7, 11) is -2.08. The highest BCUT2D eigenvalue weighted by Gasteiger charge is 2.30. The van der Waals surface area contributed by atoms with Crippen molar-refractivity contribution in [2.24, 2.45) is 12.0 Å². The molecule has 43 heavy (non-hydrogen) atoms. The fourth-order valence-corrected chi connectivity index (χ4v) is 6.81. The molecule has 1 amide bonds. The number of hydrogen-bond donors (Lipinski definition) is 4. The number of amides is 1. The number of para-hydroxylation sites is 1. The number of carboxylic acid groups (broad SMARTS) is 1. The number of aryl methyl sites for hydroxylation is 1. The SMILES string of the molecule is Cc1c(S(=O)(=O)NNC=NCCC[C@H](NC(=O)OCC2c3ccccc3-c3ccccc32)C(=O)O)c2ccccc2n1C. The average molecular weight is 604 g/mol. The fourth-order valence-electron chi connectivity index (χ4n) is 5.52. The molecular weight excluding hydrogens is 570 g/mol. The molecule has 0 saturated heterocycles. The zero-order valence-electron chi connectivity index (χ0n) is 23.8. The lowest BCUT2D eigenvalue weighted by atomic mass is 9.98. The first kappa shape index (κ1) is 29.8. The van der Waals surface area contributed by atoms with Gasteiger partial charge in [-0.25, -0.2) is 18.0 Å². The highest BCUT2D eigenvalue weighted by Crippen LogP contribution is 2.44. The number of carbonyl (C=O) groups excluding carboxylic acids is 1. The van der Waals surface area contributed by atoms with Crippen molar-refractivity contribution in [3.8, 4) is 11.1 Å². The number of aromatic nitrogens is 1. The van der Waals surface area contributed by atoms with Crippen LogP contribution in [0, 0.1) is 6.92 Å². The second-order valence-corrected chi connectivity index (χ2v) is 11.9. The maximum absolute atomic E-state index is 12.9. The zero-order valence-corrected chi connectivity index (χ0v) is 24.6. The molecule has 4 N–H and O–H groups in total. The van der Waals surface area contributed by atoms with Gasteiger partial charge in [-0.1, -0.05) is 66.7 Å². The molecular formula is C31H33N5O6S. The van der Waals surface area contributed by atoms with E-state index in [9.17, 15) is 23.1 Å². The number of ether oxygens (including phenoxy) is 1. The van der Waals surface area contributed by atoms with Gasteiger partial charge in [-0.3, -0.25) is 10.4 Å². The van der Waals surface area contributed by atoms with Crippen LogP contribution in [0.3, 0.4) is 0 Å². The maximum Gasteiger partial charge on any atom is 0.407 e. The van der Waals surface area contributed by atoms with Crippen molar-refractivity contribution in [2.75, 3.05) is 13.2 Å². The van der Waals surface area contributed by atoms with E-state index >= 15 is 0 Å². The predicted molar refractivity (Wildman–Crippen MR) is 163 cm³/mol. The van der Waals surface area contributed by atoms with Crippen LogP contribution >= 0.6 is 0 Å². The van der Waals surface area contributed by atoms with Crippen LogP contribution in [-0.2, 0) is 26.6 Å². The van der Waals surface area contributed by atoms with Gasteiger partial charge in [0.25, 0.3) is 10.0 Å². The second kappa shape index (κ2) is 12.7. The number of fused-ring (bicyclic) bond motifs is 4. The Bertz CT molecular complexity index is 1750. The minimum absolute atomic E-state index is 0.0797. The Kier molecular flexibility index (Phi) is 8.78. The van der Waals surface area contributed by atoms with Crippen molar-refractivity contribution < 1.29 is 27.9 Å². The first-order valence-electron chi connectivity index (χ1n) is 13.8. The van der Waals surface area contributed by atoms with Gasteiger partial charge in [0, 0.05) is 36.1 Å². The van der Waals surface area contributed by atoms with Crippen LogP contribution in [-0.4, -0.2) is 55.7 Å². The molecule has 0 aliphatic heterocycles. The third-order valence-electron chi connectivity index (χ3n) is 7.67. The number of nitrogens with zero attached hydrogens (tertiary/aromatic N) is 2. The van der Waals surface area contributed by atoms with Gasteiger partial charge in [0.2, 0.25) is 0 Å². The number of aliphatic imine (C=N–C) groups is 1. The Morgan fingerprint density at radius 3 is 2.33 bits per heavy atom. The third kappa shape index (κ3) is 6.25. The lowest BCUT2D eigenvalue weighted by molar-refractivity contribution is -0.139. The summed E-state index contributed by atoms with van der Waals surface area (Å²) >= 11 is 0. The third-order valence-corrected chi connectivity index (χ3v) is 9.11. The number of aliphatic carboxylic acids is 1. The molecule has 1 heterocycles. The molecule has 12 heteroatoms. The molecule has 1 aliphatic carbocycles. The van der Waals surface area contributed by atoms with Gasteiger partial charge in [0.05, 0.1) is 6.34 Å². The molecule has 5 rings (SSSR count). The summed E-state index contributed by atoms with van der Waals surface area (Å²) in [4.78, 5) is 30.9. The smallest absolute Gasteiger partial charge is 0.407 e. The van der Waals surface area contributed by atoms with E-state index in [1.54, 1.807) is 26.1 Å². The maximum atomic E-state index is 12.9. The van der Waals surface area contributed by atoms with E-state index in [-0.39, 0.29) is 30.4 Å². The average Bonchev–Trinajstić information content (AvgIpc) is 3.46. The monoisotopic (exact) mass is 603 g/mol. The Morgan fingerprint density at radius 1 is 1.02 bits per heavy atom. The van der Waals surface area contributed by atoms with Gasteiger partial charge in [0.1, 0.15) is 17.5 Å². The number of alkyl carbamates (subject to hydrolysis) is 1. The fraction of sp³-hybridized carbons (Fsp3) is 0.258. The van der Waals surface area contributed by atoms with E-state index in [0.717, 1.165) is 27.8 Å². The molecule has 1 aromatic heterocycles. The van der Waals surface area contributed by atoms with Crippen molar-refractivity contribution in [1.82, 2.24) is 20.1 Å². The predicted octanol–water partition coefficient (Wildman–Crippen LogP) is 4.07. The van der Waals surface area contributed by atoms with E-state index < -0.39 is 28.1 Å². The Labute approximate surface area is 249 Å². The van der Waals surface area contributed by atoms with Crippen molar-refractivity contribution >= 4 is 39.3 Å². The number of sulfonamides is 1. The second-order valence-electron chi connectivity index (χ2n) is 10.3. The van der Waals surface area contributed by atoms with Crippen LogP contribution in [0.4, 0.5) is 4.79 Å². The standard InChI is InChI=1S/C31H33N5O6S/c1-20-29(25-14-7-8-16-28(25)36(20)2)43(40,41)35-33-19-32-17-9-15-27(30(37)38)34-31(39)42-18-26-23-12-5-3-10-21(23)22-11-4-6-13-24(22)26/h3-8,10-14,16,19,26-27,35H,9,15,17-18H2,1-2H3,(H,32,33)(H,34,39)(H,37,38)/t27-/m0/s1. The highest BCUT2D eigenvalue weighted by atomic mass is 32.2. The van der Waals surface area contributed by atoms with Gasteiger partial charge >= 0.3 is 12.1 Å². The number of rotatable bonds is 12. The van der Waals surface area contributed by atoms with Crippen LogP contribution in [0.2, 0.25) is 0 Å². The summed E-state index contributed by atoms with van der Waals surface area (Å²) in [6.07, 6.45) is 0.830. The molecule has 224 valence electrons. The van der Waals surface area contributed by atoms with Gasteiger partial charge in [-0.2, -0.15) is 0 Å². The molecule has 0 fully saturated rings. The normalized spacial score (nSPS) is 13.5. The Morgan fingerprint density at radius 2 is 1.65 bits per heavy atom. The summed E-state index contributed by atoms with van der Waals surface area (Å²) in [5.41, 5.74) is 8.20. The largest absolute Gasteiger partial charge is 0.480 e. The van der Waals surface area contributed by atoms with Gasteiger partial charge in [-0.15, -0.1) is 4.83 Å². The molecule has 1 aliphatic rings. The minimum atomic E-state index is -3.88. The minimum Gasteiger partial charge on any atom is -0.480 e. The van der Waals surface area contributed by atoms with Gasteiger partial charge < -0.3 is 19.7 Å². The molecule has 3 aromatic carbocycles. The first-order chi connectivity index (χ1) is 20.7. The van der Waals surface area contributed by atoms with Crippen molar-refractivity contribution in [3.63, 3.8) is 0 Å². The van der Waals surface area contributed by atoms with E-state index in [4.69, 9.17) is 4.74 Å². The van der Waals surface area contributed by atoms with E-state index in [2.05, 4.69) is 20.6 Å². The summed E-state index contributed by atoms with van der Waals surface area (Å²) in [5.74, 6) is -1.32. The van der Waals surface area contributed by atoms with Crippen LogP contribution in [0.5, 0.6) is 0 Å². The Balaban J connectivity index is 1.08. The molecule has 0 radical (unpaired) electrons. The summed E-state index contributed by atoms with van der Waals surface area (Å²) in [5, 5.41) is 12.6. The molecule has 0 spiro atoms. The van der Waals surface area contributed by atoms with Crippen molar-refractivity contribution in [2.45, 2.75) is 36.6 Å². The highest BCUT2D eigenvalue weighted by molar-refractivity contribution is 7.89. The number of nitrogens with one attached hydrogen (secondary N) is 3. The first-order valence-corrected chi connectivity index (χ1v) is 15.3. The zero-order chi connectivity index (χ0) is 30.6. The summed E-state index contributed by atoms with van der Waals surface area (Å²) in [6, 6.07) is 22.0. The quantitative estimate of drug-likeness (QED) is 0.0825. The summed E-state index contributed by atoms with van der Waals surface area (Å²) in [6.45, 7) is 2.02. The molecule has 4 aromatic rings. The number of carboxylic acids is 1. The van der Waals surface area contributed by atoms with Crippen molar-refractivity contribution in [3.05, 3.63) is 89.6 Å². The van der Waals surface area contributed by atoms with E-state index in [1.165, 1.54) is 6.34 Å². The van der Waals surface area contributed by atoms with Gasteiger partial charge in [0.15, 0.2) is 0 Å². The van der Waals surface area contributed by atoms with E-state index in [1.807, 2.05) is 65.2 Å².